The van der Waals surface area contributed by atoms with Crippen LogP contribution in [0.1, 0.15) is 24.7 Å². The van der Waals surface area contributed by atoms with Crippen LogP contribution in [0.5, 0.6) is 5.75 Å². The smallest absolute Gasteiger partial charge is 0.228 e. The predicted octanol–water partition coefficient (Wildman–Crippen LogP) is 2.37. The van der Waals surface area contributed by atoms with E-state index in [1.165, 1.54) is 5.56 Å². The first-order valence-corrected chi connectivity index (χ1v) is 10.7. The highest BCUT2D eigenvalue weighted by Gasteiger charge is 2.37. The minimum atomic E-state index is -0.245. The monoisotopic (exact) mass is 411 g/mol. The van der Waals surface area contributed by atoms with Crippen molar-refractivity contribution in [3.8, 4) is 5.75 Å². The number of piperazine rings is 1. The fourth-order valence-corrected chi connectivity index (χ4v) is 4.18. The minimum absolute atomic E-state index is 0.0267. The number of hydrogen-bond donors (Lipinski definition) is 0. The van der Waals surface area contributed by atoms with Crippen molar-refractivity contribution in [2.45, 2.75) is 26.4 Å². The fourth-order valence-electron chi connectivity index (χ4n) is 4.18. The van der Waals surface area contributed by atoms with Crippen molar-refractivity contribution in [3.05, 3.63) is 54.0 Å². The lowest BCUT2D eigenvalue weighted by Gasteiger charge is -2.36. The maximum atomic E-state index is 12.9. The highest BCUT2D eigenvalue weighted by molar-refractivity contribution is 5.89. The molecule has 4 rings (SSSR count). The average Bonchev–Trinajstić information content (AvgIpc) is 3.40. The molecular formula is C23H29N3O4. The molecule has 0 N–H and O–H groups in total. The van der Waals surface area contributed by atoms with Crippen molar-refractivity contribution in [2.24, 2.45) is 5.92 Å². The number of carbonyl (C=O) groups excluding carboxylic acids is 2. The summed E-state index contributed by atoms with van der Waals surface area (Å²) in [6.07, 6.45) is 1.90. The standard InChI is InChI=1S/C23H29N3O4/c1-2-29-20-7-5-18(6-8-20)15-24-9-11-25(12-10-24)23(28)19-14-22(27)26(16-19)17-21-4-3-13-30-21/h3-8,13,19H,2,9-12,14-17H2,1H3. The van der Waals surface area contributed by atoms with E-state index in [4.69, 9.17) is 9.15 Å². The van der Waals surface area contributed by atoms with Crippen LogP contribution in [0.4, 0.5) is 0 Å². The Morgan fingerprint density at radius 2 is 1.87 bits per heavy atom. The molecule has 7 nitrogen and oxygen atoms in total. The van der Waals surface area contributed by atoms with E-state index in [1.807, 2.05) is 36.1 Å². The van der Waals surface area contributed by atoms with Crippen molar-refractivity contribution in [1.82, 2.24) is 14.7 Å². The van der Waals surface area contributed by atoms with Crippen LogP contribution < -0.4 is 4.74 Å². The molecule has 160 valence electrons. The number of furan rings is 1. The molecule has 30 heavy (non-hydrogen) atoms. The third-order valence-corrected chi connectivity index (χ3v) is 5.82. The van der Waals surface area contributed by atoms with Gasteiger partial charge in [-0.2, -0.15) is 0 Å². The highest BCUT2D eigenvalue weighted by atomic mass is 16.5. The second-order valence-electron chi connectivity index (χ2n) is 7.93. The molecule has 3 heterocycles. The second kappa shape index (κ2) is 9.34. The van der Waals surface area contributed by atoms with Crippen LogP contribution >= 0.6 is 0 Å². The van der Waals surface area contributed by atoms with Crippen LogP contribution in [0.15, 0.2) is 47.1 Å². The molecule has 2 aliphatic heterocycles. The summed E-state index contributed by atoms with van der Waals surface area (Å²) in [5.41, 5.74) is 1.24. The van der Waals surface area contributed by atoms with Gasteiger partial charge in [-0.3, -0.25) is 14.5 Å². The maximum Gasteiger partial charge on any atom is 0.228 e. The summed E-state index contributed by atoms with van der Waals surface area (Å²) in [5, 5.41) is 0. The van der Waals surface area contributed by atoms with Crippen LogP contribution in [0.25, 0.3) is 0 Å². The molecule has 1 atom stereocenters. The van der Waals surface area contributed by atoms with E-state index < -0.39 is 0 Å². The summed E-state index contributed by atoms with van der Waals surface area (Å²) < 4.78 is 10.8. The Kier molecular flexibility index (Phi) is 6.38. The van der Waals surface area contributed by atoms with Gasteiger partial charge in [-0.05, 0) is 36.8 Å². The van der Waals surface area contributed by atoms with Crippen LogP contribution in [0, 0.1) is 5.92 Å². The molecular weight excluding hydrogens is 382 g/mol. The molecule has 0 saturated carbocycles. The van der Waals surface area contributed by atoms with E-state index >= 15 is 0 Å². The molecule has 0 spiro atoms. The fraction of sp³-hybridized carbons (Fsp3) is 0.478. The molecule has 2 fully saturated rings. The summed E-state index contributed by atoms with van der Waals surface area (Å²) in [6, 6.07) is 11.9. The molecule has 7 heteroatoms. The van der Waals surface area contributed by atoms with Gasteiger partial charge in [0.05, 0.1) is 25.3 Å². The van der Waals surface area contributed by atoms with Gasteiger partial charge < -0.3 is 19.0 Å². The van der Waals surface area contributed by atoms with Crippen LogP contribution in [0.3, 0.4) is 0 Å². The lowest BCUT2D eigenvalue weighted by molar-refractivity contribution is -0.137. The molecule has 0 radical (unpaired) electrons. The van der Waals surface area contributed by atoms with Crippen molar-refractivity contribution in [3.63, 3.8) is 0 Å². The first-order valence-electron chi connectivity index (χ1n) is 10.7. The zero-order chi connectivity index (χ0) is 20.9. The van der Waals surface area contributed by atoms with E-state index in [0.29, 0.717) is 39.2 Å². The number of likely N-dealkylation sites (tertiary alicyclic amines) is 1. The van der Waals surface area contributed by atoms with E-state index in [9.17, 15) is 9.59 Å². The summed E-state index contributed by atoms with van der Waals surface area (Å²) >= 11 is 0. The summed E-state index contributed by atoms with van der Waals surface area (Å²) in [5.74, 6) is 1.53. The van der Waals surface area contributed by atoms with Gasteiger partial charge in [0.2, 0.25) is 11.8 Å². The van der Waals surface area contributed by atoms with Crippen molar-refractivity contribution in [2.75, 3.05) is 39.3 Å². The normalized spacial score (nSPS) is 20.0. The van der Waals surface area contributed by atoms with Crippen molar-refractivity contribution < 1.29 is 18.7 Å². The Labute approximate surface area is 177 Å². The third-order valence-electron chi connectivity index (χ3n) is 5.82. The molecule has 1 aromatic heterocycles. The number of nitrogens with zero attached hydrogens (tertiary/aromatic N) is 3. The molecule has 0 aliphatic carbocycles. The first-order chi connectivity index (χ1) is 14.6. The lowest BCUT2D eigenvalue weighted by Crippen LogP contribution is -2.50. The first kappa shape index (κ1) is 20.5. The maximum absolute atomic E-state index is 12.9. The molecule has 2 saturated heterocycles. The van der Waals surface area contributed by atoms with E-state index in [-0.39, 0.29) is 17.7 Å². The molecule has 2 amide bonds. The third kappa shape index (κ3) is 4.84. The molecule has 1 unspecified atom stereocenters. The zero-order valence-electron chi connectivity index (χ0n) is 17.5. The van der Waals surface area contributed by atoms with Gasteiger partial charge in [-0.15, -0.1) is 0 Å². The number of carbonyl (C=O) groups is 2. The summed E-state index contributed by atoms with van der Waals surface area (Å²) in [4.78, 5) is 31.3. The summed E-state index contributed by atoms with van der Waals surface area (Å²) in [6.45, 7) is 7.53. The number of amides is 2. The van der Waals surface area contributed by atoms with Crippen molar-refractivity contribution >= 4 is 11.8 Å². The van der Waals surface area contributed by atoms with Gasteiger partial charge in [0.1, 0.15) is 11.5 Å². The minimum Gasteiger partial charge on any atom is -0.494 e. The number of ether oxygens (including phenoxy) is 1. The Hall–Kier alpha value is -2.80. The SMILES string of the molecule is CCOc1ccc(CN2CCN(C(=O)C3CC(=O)N(Cc4ccco4)C3)CC2)cc1. The zero-order valence-corrected chi connectivity index (χ0v) is 17.5. The number of benzene rings is 1. The van der Waals surface area contributed by atoms with Gasteiger partial charge >= 0.3 is 0 Å². The van der Waals surface area contributed by atoms with Crippen LogP contribution in [-0.2, 0) is 22.7 Å². The Balaban J connectivity index is 1.24. The molecule has 2 aromatic rings. The lowest BCUT2D eigenvalue weighted by atomic mass is 10.1. The van der Waals surface area contributed by atoms with Gasteiger partial charge in [0.15, 0.2) is 0 Å². The predicted molar refractivity (Wildman–Crippen MR) is 112 cm³/mol. The molecule has 2 aliphatic rings. The van der Waals surface area contributed by atoms with Gasteiger partial charge in [-0.1, -0.05) is 12.1 Å². The van der Waals surface area contributed by atoms with Gasteiger partial charge in [-0.25, -0.2) is 0 Å². The van der Waals surface area contributed by atoms with E-state index in [2.05, 4.69) is 17.0 Å². The Bertz CT molecular complexity index is 842. The quantitative estimate of drug-likeness (QED) is 0.700. The number of rotatable bonds is 7. The number of hydrogen-bond acceptors (Lipinski definition) is 5. The Morgan fingerprint density at radius 1 is 1.10 bits per heavy atom. The highest BCUT2D eigenvalue weighted by Crippen LogP contribution is 2.23. The van der Waals surface area contributed by atoms with Gasteiger partial charge in [0.25, 0.3) is 0 Å². The molecule has 0 bridgehead atoms. The van der Waals surface area contributed by atoms with Gasteiger partial charge in [0, 0.05) is 45.7 Å². The second-order valence-corrected chi connectivity index (χ2v) is 7.93. The molecule has 1 aromatic carbocycles. The van der Waals surface area contributed by atoms with Crippen LogP contribution in [-0.4, -0.2) is 65.8 Å². The van der Waals surface area contributed by atoms with E-state index in [0.717, 1.165) is 31.1 Å². The largest absolute Gasteiger partial charge is 0.494 e. The average molecular weight is 412 g/mol. The van der Waals surface area contributed by atoms with Crippen LogP contribution in [0.2, 0.25) is 0 Å². The Morgan fingerprint density at radius 3 is 2.53 bits per heavy atom. The topological polar surface area (TPSA) is 66.2 Å². The van der Waals surface area contributed by atoms with E-state index in [1.54, 1.807) is 11.2 Å². The summed E-state index contributed by atoms with van der Waals surface area (Å²) in [7, 11) is 0. The van der Waals surface area contributed by atoms with Crippen molar-refractivity contribution in [1.29, 1.82) is 0 Å².